The molecule has 132 valence electrons. The Bertz CT molecular complexity index is 917. The van der Waals surface area contributed by atoms with Crippen molar-refractivity contribution < 1.29 is 14.1 Å². The van der Waals surface area contributed by atoms with E-state index < -0.39 is 0 Å². The van der Waals surface area contributed by atoms with Crippen molar-refractivity contribution in [3.8, 4) is 17.0 Å². The maximum Gasteiger partial charge on any atom is 0.273 e. The predicted molar refractivity (Wildman–Crippen MR) is 93.7 cm³/mol. The summed E-state index contributed by atoms with van der Waals surface area (Å²) in [6.07, 6.45) is 3.69. The van der Waals surface area contributed by atoms with Crippen molar-refractivity contribution in [1.82, 2.24) is 20.4 Å². The van der Waals surface area contributed by atoms with Crippen molar-refractivity contribution in [2.45, 2.75) is 25.3 Å². The van der Waals surface area contributed by atoms with Gasteiger partial charge in [-0.25, -0.2) is 9.97 Å². The summed E-state index contributed by atoms with van der Waals surface area (Å²) in [6.45, 7) is 0.288. The molecule has 7 nitrogen and oxygen atoms in total. The van der Waals surface area contributed by atoms with Gasteiger partial charge in [0.15, 0.2) is 5.69 Å². The SMILES string of the molecule is COc1ccc(-c2cc(CNC(=O)c3cc(C4CC4)on3)ncn2)cc1. The van der Waals surface area contributed by atoms with Crippen LogP contribution in [0, 0.1) is 0 Å². The molecule has 2 heterocycles. The zero-order valence-electron chi connectivity index (χ0n) is 14.3. The molecule has 0 radical (unpaired) electrons. The third-order valence-electron chi connectivity index (χ3n) is 4.28. The number of ether oxygens (including phenoxy) is 1. The Balaban J connectivity index is 1.41. The van der Waals surface area contributed by atoms with E-state index >= 15 is 0 Å². The average molecular weight is 350 g/mol. The van der Waals surface area contributed by atoms with Crippen LogP contribution in [-0.4, -0.2) is 28.1 Å². The Morgan fingerprint density at radius 1 is 1.23 bits per heavy atom. The zero-order chi connectivity index (χ0) is 17.9. The molecule has 0 atom stereocenters. The second-order valence-corrected chi connectivity index (χ2v) is 6.19. The maximum absolute atomic E-state index is 12.2. The van der Waals surface area contributed by atoms with Crippen molar-refractivity contribution in [1.29, 1.82) is 0 Å². The fourth-order valence-corrected chi connectivity index (χ4v) is 2.63. The van der Waals surface area contributed by atoms with Gasteiger partial charge in [0.1, 0.15) is 17.8 Å². The molecule has 0 unspecified atom stereocenters. The minimum atomic E-state index is -0.273. The van der Waals surface area contributed by atoms with E-state index in [-0.39, 0.29) is 12.5 Å². The van der Waals surface area contributed by atoms with Gasteiger partial charge in [-0.2, -0.15) is 0 Å². The molecule has 1 N–H and O–H groups in total. The van der Waals surface area contributed by atoms with E-state index in [1.165, 1.54) is 6.33 Å². The molecule has 2 aromatic heterocycles. The number of methoxy groups -OCH3 is 1. The molecule has 1 aliphatic rings. The van der Waals surface area contributed by atoms with Crippen molar-refractivity contribution >= 4 is 5.91 Å². The standard InChI is InChI=1S/C19H18N4O3/c1-25-15-6-4-12(5-7-15)16-8-14(21-11-22-16)10-20-19(24)17-9-18(26-23-17)13-2-3-13/h4-9,11,13H,2-3,10H2,1H3,(H,20,24). The van der Waals surface area contributed by atoms with Gasteiger partial charge >= 0.3 is 0 Å². The van der Waals surface area contributed by atoms with Crippen LogP contribution in [0.3, 0.4) is 0 Å². The largest absolute Gasteiger partial charge is 0.497 e. The molecule has 1 fully saturated rings. The van der Waals surface area contributed by atoms with Crippen LogP contribution in [0.1, 0.15) is 40.7 Å². The maximum atomic E-state index is 12.2. The van der Waals surface area contributed by atoms with Crippen LogP contribution in [0.15, 0.2) is 47.2 Å². The Hall–Kier alpha value is -3.22. The zero-order valence-corrected chi connectivity index (χ0v) is 14.3. The van der Waals surface area contributed by atoms with Crippen molar-refractivity contribution in [3.63, 3.8) is 0 Å². The van der Waals surface area contributed by atoms with E-state index in [4.69, 9.17) is 9.26 Å². The van der Waals surface area contributed by atoms with Crippen LogP contribution in [0.2, 0.25) is 0 Å². The number of hydrogen-bond acceptors (Lipinski definition) is 6. The normalized spacial score (nSPS) is 13.4. The number of nitrogens with zero attached hydrogens (tertiary/aromatic N) is 3. The molecule has 1 amide bonds. The van der Waals surface area contributed by atoms with Gasteiger partial charge in [-0.15, -0.1) is 0 Å². The van der Waals surface area contributed by atoms with Crippen molar-refractivity contribution in [2.24, 2.45) is 0 Å². The lowest BCUT2D eigenvalue weighted by Crippen LogP contribution is -2.23. The Morgan fingerprint density at radius 3 is 2.77 bits per heavy atom. The van der Waals surface area contributed by atoms with E-state index in [0.717, 1.165) is 35.6 Å². The number of amides is 1. The summed E-state index contributed by atoms with van der Waals surface area (Å²) in [4.78, 5) is 20.7. The van der Waals surface area contributed by atoms with Gasteiger partial charge in [0, 0.05) is 17.5 Å². The van der Waals surface area contributed by atoms with Crippen LogP contribution < -0.4 is 10.1 Å². The number of nitrogens with one attached hydrogen (secondary N) is 1. The van der Waals surface area contributed by atoms with E-state index in [0.29, 0.717) is 17.3 Å². The molecule has 1 aliphatic carbocycles. The summed E-state index contributed by atoms with van der Waals surface area (Å²) >= 11 is 0. The van der Waals surface area contributed by atoms with E-state index in [9.17, 15) is 4.79 Å². The highest BCUT2D eigenvalue weighted by Gasteiger charge is 2.28. The first-order valence-electron chi connectivity index (χ1n) is 8.43. The highest BCUT2D eigenvalue weighted by molar-refractivity contribution is 5.92. The van der Waals surface area contributed by atoms with Gasteiger partial charge in [0.2, 0.25) is 0 Å². The first-order valence-corrected chi connectivity index (χ1v) is 8.43. The molecular formula is C19H18N4O3. The van der Waals surface area contributed by atoms with Gasteiger partial charge in [0.25, 0.3) is 5.91 Å². The van der Waals surface area contributed by atoms with E-state index in [2.05, 4.69) is 20.4 Å². The summed E-state index contributed by atoms with van der Waals surface area (Å²) in [7, 11) is 1.63. The van der Waals surface area contributed by atoms with E-state index in [1.54, 1.807) is 13.2 Å². The van der Waals surface area contributed by atoms with E-state index in [1.807, 2.05) is 30.3 Å². The predicted octanol–water partition coefficient (Wildman–Crippen LogP) is 2.95. The minimum absolute atomic E-state index is 0.273. The third-order valence-corrected chi connectivity index (χ3v) is 4.28. The summed E-state index contributed by atoms with van der Waals surface area (Å²) in [6, 6.07) is 11.2. The van der Waals surface area contributed by atoms with Crippen molar-refractivity contribution in [3.05, 3.63) is 59.9 Å². The molecule has 0 spiro atoms. The van der Waals surface area contributed by atoms with Crippen LogP contribution in [0.5, 0.6) is 5.75 Å². The monoisotopic (exact) mass is 350 g/mol. The van der Waals surface area contributed by atoms with Crippen LogP contribution in [0.25, 0.3) is 11.3 Å². The molecule has 3 aromatic rings. The molecule has 26 heavy (non-hydrogen) atoms. The quantitative estimate of drug-likeness (QED) is 0.735. The number of carbonyl (C=O) groups excluding carboxylic acids is 1. The Labute approximate surface area is 150 Å². The van der Waals surface area contributed by atoms with Gasteiger partial charge in [-0.3, -0.25) is 4.79 Å². The molecule has 1 aromatic carbocycles. The second kappa shape index (κ2) is 6.95. The van der Waals surface area contributed by atoms with Crippen LogP contribution >= 0.6 is 0 Å². The third kappa shape index (κ3) is 3.56. The number of hydrogen-bond donors (Lipinski definition) is 1. The summed E-state index contributed by atoms with van der Waals surface area (Å²) in [5.74, 6) is 1.73. The topological polar surface area (TPSA) is 90.1 Å². The Morgan fingerprint density at radius 2 is 2.04 bits per heavy atom. The van der Waals surface area contributed by atoms with Crippen molar-refractivity contribution in [2.75, 3.05) is 7.11 Å². The van der Waals surface area contributed by atoms with Gasteiger partial charge in [-0.05, 0) is 43.2 Å². The lowest BCUT2D eigenvalue weighted by Gasteiger charge is -2.06. The highest BCUT2D eigenvalue weighted by Crippen LogP contribution is 2.40. The van der Waals surface area contributed by atoms with Crippen LogP contribution in [-0.2, 0) is 6.54 Å². The number of rotatable bonds is 6. The number of benzene rings is 1. The number of carbonyl (C=O) groups is 1. The average Bonchev–Trinajstić information content (AvgIpc) is 3.43. The summed E-state index contributed by atoms with van der Waals surface area (Å²) < 4.78 is 10.4. The highest BCUT2D eigenvalue weighted by atomic mass is 16.5. The lowest BCUT2D eigenvalue weighted by atomic mass is 10.1. The van der Waals surface area contributed by atoms with Gasteiger partial charge in [-0.1, -0.05) is 5.16 Å². The van der Waals surface area contributed by atoms with Crippen LogP contribution in [0.4, 0.5) is 0 Å². The molecule has 0 aliphatic heterocycles. The molecule has 1 saturated carbocycles. The second-order valence-electron chi connectivity index (χ2n) is 6.19. The molecule has 4 rings (SSSR count). The molecule has 0 saturated heterocycles. The molecular weight excluding hydrogens is 332 g/mol. The smallest absolute Gasteiger partial charge is 0.273 e. The van der Waals surface area contributed by atoms with Gasteiger partial charge < -0.3 is 14.6 Å². The van der Waals surface area contributed by atoms with Gasteiger partial charge in [0.05, 0.1) is 25.0 Å². The summed E-state index contributed by atoms with van der Waals surface area (Å²) in [5, 5.41) is 6.65. The Kier molecular flexibility index (Phi) is 4.35. The summed E-state index contributed by atoms with van der Waals surface area (Å²) in [5.41, 5.74) is 2.75. The minimum Gasteiger partial charge on any atom is -0.497 e. The fourth-order valence-electron chi connectivity index (χ4n) is 2.63. The first kappa shape index (κ1) is 16.3. The fraction of sp³-hybridized carbons (Fsp3) is 0.263. The lowest BCUT2D eigenvalue weighted by molar-refractivity contribution is 0.0941. The molecule has 7 heteroatoms. The number of aromatic nitrogens is 3. The molecule has 0 bridgehead atoms. The first-order chi connectivity index (χ1) is 12.7.